The third kappa shape index (κ3) is 4.44. The molecule has 1 aliphatic carbocycles. The molecule has 0 aromatic heterocycles. The summed E-state index contributed by atoms with van der Waals surface area (Å²) < 4.78 is 5.19. The van der Waals surface area contributed by atoms with Gasteiger partial charge in [0.15, 0.2) is 0 Å². The molecule has 0 amide bonds. The lowest BCUT2D eigenvalue weighted by Gasteiger charge is -2.45. The standard InChI is InChI=1S/C17H33NO2/c1-20-13-7-11-17(15-19)10-6-12-18(14-17)16-8-4-2-3-5-9-16/h16,19H,2-15H2,1H3. The van der Waals surface area contributed by atoms with Crippen molar-refractivity contribution >= 4 is 0 Å². The van der Waals surface area contributed by atoms with E-state index in [0.29, 0.717) is 6.61 Å². The maximum absolute atomic E-state index is 9.95. The van der Waals surface area contributed by atoms with Crippen molar-refractivity contribution in [1.82, 2.24) is 4.90 Å². The van der Waals surface area contributed by atoms with E-state index in [9.17, 15) is 5.11 Å². The molecule has 2 aliphatic rings. The van der Waals surface area contributed by atoms with Gasteiger partial charge in [-0.05, 0) is 45.1 Å². The van der Waals surface area contributed by atoms with Crippen LogP contribution in [0, 0.1) is 5.41 Å². The number of methoxy groups -OCH3 is 1. The highest BCUT2D eigenvalue weighted by atomic mass is 16.5. The van der Waals surface area contributed by atoms with Crippen LogP contribution in [0.2, 0.25) is 0 Å². The molecule has 1 aliphatic heterocycles. The Balaban J connectivity index is 1.90. The Labute approximate surface area is 124 Å². The molecule has 0 aromatic carbocycles. The monoisotopic (exact) mass is 283 g/mol. The Hall–Kier alpha value is -0.120. The average molecular weight is 283 g/mol. The van der Waals surface area contributed by atoms with Crippen molar-refractivity contribution in [2.24, 2.45) is 5.41 Å². The molecule has 3 heteroatoms. The molecular formula is C17H33NO2. The van der Waals surface area contributed by atoms with Crippen LogP contribution >= 0.6 is 0 Å². The van der Waals surface area contributed by atoms with Crippen LogP contribution in [0.4, 0.5) is 0 Å². The van der Waals surface area contributed by atoms with E-state index >= 15 is 0 Å². The second-order valence-electron chi connectivity index (χ2n) is 6.97. The average Bonchev–Trinajstić information content (AvgIpc) is 2.77. The first-order chi connectivity index (χ1) is 9.79. The normalized spacial score (nSPS) is 30.3. The minimum atomic E-state index is 0.142. The Morgan fingerprint density at radius 1 is 1.15 bits per heavy atom. The van der Waals surface area contributed by atoms with Crippen LogP contribution in [0.5, 0.6) is 0 Å². The Kier molecular flexibility index (Phi) is 6.79. The van der Waals surface area contributed by atoms with E-state index in [4.69, 9.17) is 4.74 Å². The van der Waals surface area contributed by atoms with Gasteiger partial charge in [-0.25, -0.2) is 0 Å². The Bertz CT molecular complexity index is 264. The number of hydrogen-bond donors (Lipinski definition) is 1. The highest BCUT2D eigenvalue weighted by molar-refractivity contribution is 4.89. The van der Waals surface area contributed by atoms with Gasteiger partial charge in [-0.1, -0.05) is 25.7 Å². The SMILES string of the molecule is COCCCC1(CO)CCCN(C2CCCCCC2)C1. The van der Waals surface area contributed by atoms with Crippen LogP contribution in [0.3, 0.4) is 0 Å². The third-order valence-electron chi connectivity index (χ3n) is 5.42. The van der Waals surface area contributed by atoms with E-state index in [1.807, 2.05) is 0 Å². The fourth-order valence-corrected chi connectivity index (χ4v) is 4.18. The molecule has 2 fully saturated rings. The summed E-state index contributed by atoms with van der Waals surface area (Å²) in [4.78, 5) is 2.71. The highest BCUT2D eigenvalue weighted by Crippen LogP contribution is 2.36. The van der Waals surface area contributed by atoms with Gasteiger partial charge in [0.05, 0.1) is 0 Å². The van der Waals surface area contributed by atoms with E-state index in [2.05, 4.69) is 4.90 Å². The van der Waals surface area contributed by atoms with Gasteiger partial charge in [-0.15, -0.1) is 0 Å². The number of piperidine rings is 1. The first-order valence-electron chi connectivity index (χ1n) is 8.63. The van der Waals surface area contributed by atoms with E-state index in [1.165, 1.54) is 57.9 Å². The summed E-state index contributed by atoms with van der Waals surface area (Å²) in [5, 5.41) is 9.95. The van der Waals surface area contributed by atoms with Crippen molar-refractivity contribution in [3.63, 3.8) is 0 Å². The molecular weight excluding hydrogens is 250 g/mol. The first kappa shape index (κ1) is 16.3. The van der Waals surface area contributed by atoms with Crippen molar-refractivity contribution in [2.45, 2.75) is 70.3 Å². The second-order valence-corrected chi connectivity index (χ2v) is 6.97. The van der Waals surface area contributed by atoms with Crippen LogP contribution < -0.4 is 0 Å². The zero-order chi connectivity index (χ0) is 14.3. The van der Waals surface area contributed by atoms with Crippen molar-refractivity contribution in [3.8, 4) is 0 Å². The van der Waals surface area contributed by atoms with Crippen LogP contribution in [-0.4, -0.2) is 49.5 Å². The number of aliphatic hydroxyl groups is 1. The first-order valence-corrected chi connectivity index (χ1v) is 8.63. The molecule has 1 heterocycles. The minimum absolute atomic E-state index is 0.142. The summed E-state index contributed by atoms with van der Waals surface area (Å²) in [6, 6.07) is 0.783. The fraction of sp³-hybridized carbons (Fsp3) is 1.00. The van der Waals surface area contributed by atoms with Gasteiger partial charge in [0.25, 0.3) is 0 Å². The molecule has 0 radical (unpaired) electrons. The number of hydrogen-bond acceptors (Lipinski definition) is 3. The lowest BCUT2D eigenvalue weighted by molar-refractivity contribution is -0.00146. The lowest BCUT2D eigenvalue weighted by atomic mass is 9.76. The number of rotatable bonds is 6. The largest absolute Gasteiger partial charge is 0.396 e. The van der Waals surface area contributed by atoms with Crippen LogP contribution in [0.15, 0.2) is 0 Å². The Morgan fingerprint density at radius 3 is 2.55 bits per heavy atom. The number of aliphatic hydroxyl groups excluding tert-OH is 1. The van der Waals surface area contributed by atoms with Crippen molar-refractivity contribution < 1.29 is 9.84 Å². The van der Waals surface area contributed by atoms with Crippen molar-refractivity contribution in [2.75, 3.05) is 33.4 Å². The third-order valence-corrected chi connectivity index (χ3v) is 5.42. The van der Waals surface area contributed by atoms with E-state index in [-0.39, 0.29) is 5.41 Å². The second kappa shape index (κ2) is 8.35. The number of ether oxygens (including phenoxy) is 1. The number of likely N-dealkylation sites (tertiary alicyclic amines) is 1. The molecule has 0 bridgehead atoms. The zero-order valence-electron chi connectivity index (χ0n) is 13.3. The van der Waals surface area contributed by atoms with Crippen LogP contribution in [0.25, 0.3) is 0 Å². The zero-order valence-corrected chi connectivity index (χ0v) is 13.3. The minimum Gasteiger partial charge on any atom is -0.396 e. The maximum Gasteiger partial charge on any atom is 0.0499 e. The van der Waals surface area contributed by atoms with Gasteiger partial charge >= 0.3 is 0 Å². The quantitative estimate of drug-likeness (QED) is 0.600. The molecule has 2 rings (SSSR count). The molecule has 3 nitrogen and oxygen atoms in total. The molecule has 1 unspecified atom stereocenters. The lowest BCUT2D eigenvalue weighted by Crippen LogP contribution is -2.49. The van der Waals surface area contributed by atoms with Gasteiger partial charge < -0.3 is 9.84 Å². The van der Waals surface area contributed by atoms with E-state index in [1.54, 1.807) is 7.11 Å². The predicted molar refractivity (Wildman–Crippen MR) is 82.9 cm³/mol. The molecule has 1 saturated carbocycles. The summed E-state index contributed by atoms with van der Waals surface area (Å²) in [7, 11) is 1.77. The summed E-state index contributed by atoms with van der Waals surface area (Å²) >= 11 is 0. The van der Waals surface area contributed by atoms with Crippen molar-refractivity contribution in [1.29, 1.82) is 0 Å². The Morgan fingerprint density at radius 2 is 1.90 bits per heavy atom. The van der Waals surface area contributed by atoms with Gasteiger partial charge in [0.1, 0.15) is 0 Å². The smallest absolute Gasteiger partial charge is 0.0499 e. The predicted octanol–water partition coefficient (Wildman–Crippen LogP) is 3.21. The fourth-order valence-electron chi connectivity index (χ4n) is 4.18. The molecule has 1 atom stereocenters. The van der Waals surface area contributed by atoms with Crippen molar-refractivity contribution in [3.05, 3.63) is 0 Å². The van der Waals surface area contributed by atoms with Crippen LogP contribution in [-0.2, 0) is 4.74 Å². The molecule has 118 valence electrons. The van der Waals surface area contributed by atoms with E-state index in [0.717, 1.165) is 32.0 Å². The summed E-state index contributed by atoms with van der Waals surface area (Å²) in [6.07, 6.45) is 13.0. The maximum atomic E-state index is 9.95. The molecule has 20 heavy (non-hydrogen) atoms. The molecule has 0 aromatic rings. The topological polar surface area (TPSA) is 32.7 Å². The highest BCUT2D eigenvalue weighted by Gasteiger charge is 2.36. The van der Waals surface area contributed by atoms with E-state index < -0.39 is 0 Å². The van der Waals surface area contributed by atoms with Gasteiger partial charge in [-0.3, -0.25) is 4.90 Å². The summed E-state index contributed by atoms with van der Waals surface area (Å²) in [6.45, 7) is 3.53. The van der Waals surface area contributed by atoms with Gasteiger partial charge in [0.2, 0.25) is 0 Å². The van der Waals surface area contributed by atoms with Crippen LogP contribution in [0.1, 0.15) is 64.2 Å². The van der Waals surface area contributed by atoms with Gasteiger partial charge in [-0.2, -0.15) is 0 Å². The molecule has 1 saturated heterocycles. The summed E-state index contributed by atoms with van der Waals surface area (Å²) in [5.41, 5.74) is 0.142. The molecule has 0 spiro atoms. The number of nitrogens with zero attached hydrogens (tertiary/aromatic N) is 1. The molecule has 1 N–H and O–H groups in total. The summed E-state index contributed by atoms with van der Waals surface area (Å²) in [5.74, 6) is 0. The van der Waals surface area contributed by atoms with Gasteiger partial charge in [0, 0.05) is 38.3 Å².